The molecular weight excluding hydrogens is 653 g/mol. The summed E-state index contributed by atoms with van der Waals surface area (Å²) in [6, 6.07) is 27.4. The van der Waals surface area contributed by atoms with E-state index in [9.17, 15) is 18.0 Å². The Balaban J connectivity index is 1.84. The normalized spacial score (nSPS) is 12.3. The molecule has 0 heterocycles. The third-order valence-corrected chi connectivity index (χ3v) is 9.76. The molecule has 4 aromatic carbocycles. The molecule has 4 aromatic rings. The van der Waals surface area contributed by atoms with E-state index in [0.717, 1.165) is 9.87 Å². The van der Waals surface area contributed by atoms with E-state index in [2.05, 4.69) is 5.32 Å². The minimum absolute atomic E-state index is 0.0205. The minimum atomic E-state index is -4.27. The van der Waals surface area contributed by atoms with Crippen LogP contribution in [0, 0.1) is 0 Å². The number of carbonyl (C=O) groups is 2. The predicted octanol–water partition coefficient (Wildman–Crippen LogP) is 7.40. The van der Waals surface area contributed by atoms with E-state index in [-0.39, 0.29) is 33.6 Å². The Morgan fingerprint density at radius 3 is 1.98 bits per heavy atom. The minimum Gasteiger partial charge on any atom is -0.350 e. The molecule has 4 rings (SSSR count). The number of benzene rings is 4. The molecule has 0 aliphatic rings. The average molecular weight is 687 g/mol. The van der Waals surface area contributed by atoms with Crippen LogP contribution in [0.2, 0.25) is 15.1 Å². The van der Waals surface area contributed by atoms with Gasteiger partial charge in [-0.2, -0.15) is 0 Å². The molecule has 0 unspecified atom stereocenters. The zero-order valence-corrected chi connectivity index (χ0v) is 28.2. The van der Waals surface area contributed by atoms with Gasteiger partial charge in [0.15, 0.2) is 0 Å². The fourth-order valence-corrected chi connectivity index (χ4v) is 6.62. The Kier molecular flexibility index (Phi) is 11.2. The number of anilines is 1. The Morgan fingerprint density at radius 1 is 0.778 bits per heavy atom. The Morgan fingerprint density at radius 2 is 1.38 bits per heavy atom. The van der Waals surface area contributed by atoms with Gasteiger partial charge in [-0.25, -0.2) is 8.42 Å². The van der Waals surface area contributed by atoms with Crippen molar-refractivity contribution in [2.24, 2.45) is 0 Å². The molecule has 1 atom stereocenters. The highest BCUT2D eigenvalue weighted by molar-refractivity contribution is 7.92. The summed E-state index contributed by atoms with van der Waals surface area (Å²) in [6.07, 6.45) is 0.178. The summed E-state index contributed by atoms with van der Waals surface area (Å²) in [5.74, 6) is -1.01. The van der Waals surface area contributed by atoms with Gasteiger partial charge in [0.25, 0.3) is 10.0 Å². The number of hydrogen-bond acceptors (Lipinski definition) is 4. The lowest BCUT2D eigenvalue weighted by molar-refractivity contribution is -0.140. The first kappa shape index (κ1) is 34.3. The summed E-state index contributed by atoms with van der Waals surface area (Å²) in [6.45, 7) is 4.87. The molecule has 236 valence electrons. The number of nitrogens with one attached hydrogen (secondary N) is 1. The number of hydrogen-bond donors (Lipinski definition) is 1. The van der Waals surface area contributed by atoms with Crippen LogP contribution >= 0.6 is 34.8 Å². The van der Waals surface area contributed by atoms with Crippen molar-refractivity contribution in [1.82, 2.24) is 10.2 Å². The Bertz CT molecular complexity index is 1750. The molecule has 0 saturated carbocycles. The van der Waals surface area contributed by atoms with E-state index in [1.165, 1.54) is 35.2 Å². The van der Waals surface area contributed by atoms with Crippen LogP contribution in [-0.2, 0) is 32.6 Å². The van der Waals surface area contributed by atoms with E-state index >= 15 is 0 Å². The van der Waals surface area contributed by atoms with Crippen LogP contribution in [0.1, 0.15) is 31.9 Å². The van der Waals surface area contributed by atoms with E-state index in [1.54, 1.807) is 42.5 Å². The van der Waals surface area contributed by atoms with E-state index in [4.69, 9.17) is 34.8 Å². The molecular formula is C34H34Cl3N3O4S. The number of rotatable bonds is 11. The molecule has 2 amide bonds. The number of halogens is 3. The number of nitrogens with zero attached hydrogens (tertiary/aromatic N) is 2. The monoisotopic (exact) mass is 685 g/mol. The van der Waals surface area contributed by atoms with E-state index < -0.39 is 40.0 Å². The molecule has 1 N–H and O–H groups in total. The molecule has 11 heteroatoms. The molecule has 0 bridgehead atoms. The van der Waals surface area contributed by atoms with Crippen LogP contribution in [0.5, 0.6) is 0 Å². The largest absolute Gasteiger partial charge is 0.350 e. The van der Waals surface area contributed by atoms with Crippen LogP contribution < -0.4 is 9.62 Å². The first-order valence-corrected chi connectivity index (χ1v) is 16.8. The zero-order valence-electron chi connectivity index (χ0n) is 25.1. The van der Waals surface area contributed by atoms with Crippen molar-refractivity contribution in [3.8, 4) is 0 Å². The molecule has 45 heavy (non-hydrogen) atoms. The SMILES string of the molecule is CC(C)(C)NC(=O)[C@H](Cc1ccccc1)N(Cc1ccccc1Cl)C(=O)CN(c1ccc(Cl)c(Cl)c1)S(=O)(=O)c1ccccc1. The van der Waals surface area contributed by atoms with E-state index in [1.807, 2.05) is 51.1 Å². The van der Waals surface area contributed by atoms with Gasteiger partial charge in [-0.3, -0.25) is 13.9 Å². The van der Waals surface area contributed by atoms with Gasteiger partial charge in [0, 0.05) is 23.5 Å². The van der Waals surface area contributed by atoms with Gasteiger partial charge in [-0.15, -0.1) is 0 Å². The summed E-state index contributed by atoms with van der Waals surface area (Å²) >= 11 is 19.0. The van der Waals surface area contributed by atoms with E-state index in [0.29, 0.717) is 10.6 Å². The van der Waals surface area contributed by atoms with Gasteiger partial charge < -0.3 is 10.2 Å². The molecule has 0 saturated heterocycles. The zero-order chi connectivity index (χ0) is 32.8. The van der Waals surface area contributed by atoms with Gasteiger partial charge >= 0.3 is 0 Å². The van der Waals surface area contributed by atoms with Crippen molar-refractivity contribution in [3.05, 3.63) is 129 Å². The lowest BCUT2D eigenvalue weighted by Gasteiger charge is -2.35. The predicted molar refractivity (Wildman–Crippen MR) is 181 cm³/mol. The average Bonchev–Trinajstić information content (AvgIpc) is 3.00. The third-order valence-electron chi connectivity index (χ3n) is 6.87. The highest BCUT2D eigenvalue weighted by Crippen LogP contribution is 2.31. The summed E-state index contributed by atoms with van der Waals surface area (Å²) in [4.78, 5) is 29.8. The number of sulfonamides is 1. The van der Waals surface area contributed by atoms with Crippen molar-refractivity contribution in [3.63, 3.8) is 0 Å². The second kappa shape index (κ2) is 14.7. The maximum Gasteiger partial charge on any atom is 0.264 e. The van der Waals surface area contributed by atoms with Gasteiger partial charge in [-0.1, -0.05) is 102 Å². The van der Waals surface area contributed by atoms with Gasteiger partial charge in [-0.05, 0) is 68.3 Å². The summed E-state index contributed by atoms with van der Waals surface area (Å²) < 4.78 is 29.1. The van der Waals surface area contributed by atoms with Crippen LogP contribution in [-0.4, -0.2) is 43.3 Å². The summed E-state index contributed by atoms with van der Waals surface area (Å²) in [7, 11) is -4.27. The van der Waals surface area contributed by atoms with Crippen LogP contribution in [0.4, 0.5) is 5.69 Å². The third kappa shape index (κ3) is 9.01. The first-order valence-electron chi connectivity index (χ1n) is 14.2. The lowest BCUT2D eigenvalue weighted by Crippen LogP contribution is -2.56. The smallest absolute Gasteiger partial charge is 0.264 e. The van der Waals surface area contributed by atoms with Crippen LogP contribution in [0.3, 0.4) is 0 Å². The van der Waals surface area contributed by atoms with Gasteiger partial charge in [0.05, 0.1) is 20.6 Å². The number of amides is 2. The summed E-state index contributed by atoms with van der Waals surface area (Å²) in [5.41, 5.74) is 0.953. The maximum atomic E-state index is 14.5. The topological polar surface area (TPSA) is 86.8 Å². The second-order valence-electron chi connectivity index (χ2n) is 11.5. The fraction of sp³-hybridized carbons (Fsp3) is 0.235. The Labute approximate surface area is 279 Å². The van der Waals surface area contributed by atoms with Crippen LogP contribution in [0.25, 0.3) is 0 Å². The number of carbonyl (C=O) groups excluding carboxylic acids is 2. The maximum absolute atomic E-state index is 14.5. The molecule has 0 spiro atoms. The van der Waals surface area contributed by atoms with Crippen molar-refractivity contribution in [1.29, 1.82) is 0 Å². The van der Waals surface area contributed by atoms with Crippen LogP contribution in [0.15, 0.2) is 108 Å². The molecule has 0 radical (unpaired) electrons. The van der Waals surface area contributed by atoms with Gasteiger partial charge in [0.1, 0.15) is 12.6 Å². The fourth-order valence-electron chi connectivity index (χ4n) is 4.71. The molecule has 0 aliphatic carbocycles. The lowest BCUT2D eigenvalue weighted by atomic mass is 10.0. The highest BCUT2D eigenvalue weighted by Gasteiger charge is 2.36. The van der Waals surface area contributed by atoms with Crippen molar-refractivity contribution < 1.29 is 18.0 Å². The summed E-state index contributed by atoms with van der Waals surface area (Å²) in [5, 5.41) is 3.75. The molecule has 0 fully saturated rings. The Hall–Kier alpha value is -3.56. The molecule has 0 aromatic heterocycles. The molecule has 7 nitrogen and oxygen atoms in total. The van der Waals surface area contributed by atoms with Crippen molar-refractivity contribution in [2.45, 2.75) is 50.2 Å². The quantitative estimate of drug-likeness (QED) is 0.178. The van der Waals surface area contributed by atoms with Crippen molar-refractivity contribution in [2.75, 3.05) is 10.8 Å². The van der Waals surface area contributed by atoms with Crippen molar-refractivity contribution >= 4 is 62.3 Å². The first-order chi connectivity index (χ1) is 21.3. The standard InChI is InChI=1S/C34H34Cl3N3O4S/c1-34(2,3)38-33(42)31(20-24-12-6-4-7-13-24)39(22-25-14-10-11-17-28(25)35)32(41)23-40(26-18-19-29(36)30(37)21-26)45(43,44)27-15-8-5-9-16-27/h4-19,21,31H,20,22-23H2,1-3H3,(H,38,42)/t31-/m0/s1. The second-order valence-corrected chi connectivity index (χ2v) is 14.6. The highest BCUT2D eigenvalue weighted by atomic mass is 35.5. The molecule has 0 aliphatic heterocycles. The van der Waals surface area contributed by atoms with Gasteiger partial charge in [0.2, 0.25) is 11.8 Å².